The number of hydrogen-bond acceptors (Lipinski definition) is 3. The van der Waals surface area contributed by atoms with E-state index in [1.165, 1.54) is 0 Å². The lowest BCUT2D eigenvalue weighted by molar-refractivity contribution is 0.0534. The molecule has 0 spiro atoms. The first-order valence-corrected chi connectivity index (χ1v) is 5.61. The van der Waals surface area contributed by atoms with Gasteiger partial charge >= 0.3 is 0 Å². The molecule has 2 rings (SSSR count). The van der Waals surface area contributed by atoms with Gasteiger partial charge in [-0.25, -0.2) is 4.98 Å². The van der Waals surface area contributed by atoms with E-state index in [0.717, 1.165) is 13.1 Å². The van der Waals surface area contributed by atoms with Gasteiger partial charge in [-0.05, 0) is 13.8 Å². The lowest BCUT2D eigenvalue weighted by Crippen LogP contribution is -2.57. The molecule has 0 aliphatic carbocycles. The molecule has 88 valence electrons. The molecule has 2 unspecified atom stereocenters. The number of rotatable bonds is 1. The summed E-state index contributed by atoms with van der Waals surface area (Å²) in [5, 5.41) is 3.31. The molecule has 5 nitrogen and oxygen atoms in total. The van der Waals surface area contributed by atoms with Gasteiger partial charge in [-0.3, -0.25) is 4.79 Å². The van der Waals surface area contributed by atoms with Crippen LogP contribution in [-0.4, -0.2) is 45.5 Å². The number of hydrogen-bond donors (Lipinski definition) is 1. The van der Waals surface area contributed by atoms with E-state index in [1.54, 1.807) is 17.1 Å². The number of amides is 1. The molecule has 0 aromatic carbocycles. The van der Waals surface area contributed by atoms with Crippen molar-refractivity contribution in [3.63, 3.8) is 0 Å². The minimum absolute atomic E-state index is 0.0708. The molecule has 5 heteroatoms. The highest BCUT2D eigenvalue weighted by Crippen LogP contribution is 2.14. The van der Waals surface area contributed by atoms with Crippen molar-refractivity contribution < 1.29 is 4.79 Å². The van der Waals surface area contributed by atoms with E-state index < -0.39 is 0 Å². The molecule has 1 saturated heterocycles. The first kappa shape index (κ1) is 11.1. The van der Waals surface area contributed by atoms with E-state index in [1.807, 2.05) is 11.9 Å². The Hall–Kier alpha value is -1.36. The van der Waals surface area contributed by atoms with Crippen molar-refractivity contribution in [1.29, 1.82) is 0 Å². The summed E-state index contributed by atoms with van der Waals surface area (Å²) in [6.45, 7) is 5.84. The van der Waals surface area contributed by atoms with E-state index in [4.69, 9.17) is 0 Å². The fourth-order valence-electron chi connectivity index (χ4n) is 2.23. The maximum atomic E-state index is 12.3. The topological polar surface area (TPSA) is 50.2 Å². The standard InChI is InChI=1S/C11H18N4O/c1-8-4-12-5-9(2)15(8)11(16)10-6-13-7-14(10)3/h6-9,12H,4-5H2,1-3H3. The lowest BCUT2D eigenvalue weighted by atomic mass is 10.1. The van der Waals surface area contributed by atoms with E-state index in [-0.39, 0.29) is 18.0 Å². The van der Waals surface area contributed by atoms with Gasteiger partial charge in [-0.2, -0.15) is 0 Å². The summed E-state index contributed by atoms with van der Waals surface area (Å²) >= 11 is 0. The molecular weight excluding hydrogens is 204 g/mol. The van der Waals surface area contributed by atoms with Gasteiger partial charge in [0, 0.05) is 32.2 Å². The van der Waals surface area contributed by atoms with Gasteiger partial charge < -0.3 is 14.8 Å². The van der Waals surface area contributed by atoms with Crippen molar-refractivity contribution >= 4 is 5.91 Å². The second-order valence-electron chi connectivity index (χ2n) is 4.46. The van der Waals surface area contributed by atoms with Crippen LogP contribution in [0.5, 0.6) is 0 Å². The molecule has 0 bridgehead atoms. The third-order valence-corrected chi connectivity index (χ3v) is 3.10. The summed E-state index contributed by atoms with van der Waals surface area (Å²) in [5.74, 6) is 0.0708. The van der Waals surface area contributed by atoms with Gasteiger partial charge in [0.05, 0.1) is 12.5 Å². The van der Waals surface area contributed by atoms with Gasteiger partial charge in [-0.15, -0.1) is 0 Å². The number of nitrogens with one attached hydrogen (secondary N) is 1. The first-order valence-electron chi connectivity index (χ1n) is 5.61. The van der Waals surface area contributed by atoms with Crippen LogP contribution in [0.4, 0.5) is 0 Å². The Kier molecular flexibility index (Phi) is 2.96. The number of piperazine rings is 1. The maximum Gasteiger partial charge on any atom is 0.272 e. The monoisotopic (exact) mass is 222 g/mol. The fraction of sp³-hybridized carbons (Fsp3) is 0.636. The Bertz CT molecular complexity index is 377. The Morgan fingerprint density at radius 2 is 2.06 bits per heavy atom. The summed E-state index contributed by atoms with van der Waals surface area (Å²) in [4.78, 5) is 18.3. The third kappa shape index (κ3) is 1.82. The largest absolute Gasteiger partial charge is 0.330 e. The number of carbonyl (C=O) groups excluding carboxylic acids is 1. The zero-order chi connectivity index (χ0) is 11.7. The highest BCUT2D eigenvalue weighted by atomic mass is 16.2. The molecule has 1 aromatic heterocycles. The fourth-order valence-corrected chi connectivity index (χ4v) is 2.23. The second-order valence-corrected chi connectivity index (χ2v) is 4.46. The molecule has 16 heavy (non-hydrogen) atoms. The zero-order valence-corrected chi connectivity index (χ0v) is 9.97. The van der Waals surface area contributed by atoms with Crippen molar-refractivity contribution in [1.82, 2.24) is 19.8 Å². The van der Waals surface area contributed by atoms with E-state index in [2.05, 4.69) is 24.1 Å². The number of carbonyl (C=O) groups is 1. The lowest BCUT2D eigenvalue weighted by Gasteiger charge is -2.39. The highest BCUT2D eigenvalue weighted by Gasteiger charge is 2.30. The molecule has 2 atom stereocenters. The van der Waals surface area contributed by atoms with Gasteiger partial charge in [-0.1, -0.05) is 0 Å². The Balaban J connectivity index is 2.23. The van der Waals surface area contributed by atoms with E-state index >= 15 is 0 Å². The van der Waals surface area contributed by atoms with Gasteiger partial charge in [0.25, 0.3) is 5.91 Å². The van der Waals surface area contributed by atoms with Crippen molar-refractivity contribution in [3.8, 4) is 0 Å². The molecule has 0 radical (unpaired) electrons. The smallest absolute Gasteiger partial charge is 0.272 e. The average Bonchev–Trinajstić information content (AvgIpc) is 2.64. The summed E-state index contributed by atoms with van der Waals surface area (Å²) in [7, 11) is 1.85. The van der Waals surface area contributed by atoms with Crippen LogP contribution in [0.25, 0.3) is 0 Å². The van der Waals surface area contributed by atoms with Crippen molar-refractivity contribution in [2.45, 2.75) is 25.9 Å². The number of aromatic nitrogens is 2. The maximum absolute atomic E-state index is 12.3. The van der Waals surface area contributed by atoms with Crippen LogP contribution in [0.1, 0.15) is 24.3 Å². The van der Waals surface area contributed by atoms with Crippen LogP contribution in [0.15, 0.2) is 12.5 Å². The van der Waals surface area contributed by atoms with Gasteiger partial charge in [0.15, 0.2) is 0 Å². The quantitative estimate of drug-likeness (QED) is 0.740. The molecule has 2 heterocycles. The Morgan fingerprint density at radius 1 is 1.44 bits per heavy atom. The Labute approximate surface area is 95.5 Å². The van der Waals surface area contributed by atoms with Crippen LogP contribution in [0.3, 0.4) is 0 Å². The number of nitrogens with zero attached hydrogens (tertiary/aromatic N) is 3. The predicted molar refractivity (Wildman–Crippen MR) is 61.2 cm³/mol. The van der Waals surface area contributed by atoms with Crippen LogP contribution in [-0.2, 0) is 7.05 Å². The van der Waals surface area contributed by atoms with E-state index in [9.17, 15) is 4.79 Å². The molecule has 1 aromatic rings. The average molecular weight is 222 g/mol. The summed E-state index contributed by atoms with van der Waals surface area (Å²) in [6.07, 6.45) is 3.29. The minimum Gasteiger partial charge on any atom is -0.330 e. The van der Waals surface area contributed by atoms with Crippen LogP contribution >= 0.6 is 0 Å². The molecule has 1 N–H and O–H groups in total. The van der Waals surface area contributed by atoms with Crippen LogP contribution in [0, 0.1) is 0 Å². The van der Waals surface area contributed by atoms with E-state index in [0.29, 0.717) is 5.69 Å². The first-order chi connectivity index (χ1) is 7.61. The summed E-state index contributed by atoms with van der Waals surface area (Å²) < 4.78 is 1.77. The molecule has 0 saturated carbocycles. The molecule has 1 aliphatic rings. The molecular formula is C11H18N4O. The van der Waals surface area contributed by atoms with Gasteiger partial charge in [0.1, 0.15) is 5.69 Å². The van der Waals surface area contributed by atoms with Crippen LogP contribution in [0.2, 0.25) is 0 Å². The van der Waals surface area contributed by atoms with Crippen molar-refractivity contribution in [3.05, 3.63) is 18.2 Å². The normalized spacial score (nSPS) is 25.8. The third-order valence-electron chi connectivity index (χ3n) is 3.10. The van der Waals surface area contributed by atoms with Crippen molar-refractivity contribution in [2.75, 3.05) is 13.1 Å². The van der Waals surface area contributed by atoms with Crippen molar-refractivity contribution in [2.24, 2.45) is 7.05 Å². The number of aryl methyl sites for hydroxylation is 1. The predicted octanol–water partition coefficient (Wildman–Crippen LogP) is 0.242. The summed E-state index contributed by atoms with van der Waals surface area (Å²) in [5.41, 5.74) is 0.653. The van der Waals surface area contributed by atoms with Crippen LogP contribution < -0.4 is 5.32 Å². The summed E-state index contributed by atoms with van der Waals surface area (Å²) in [6, 6.07) is 0.456. The second kappa shape index (κ2) is 4.25. The molecule has 1 amide bonds. The highest BCUT2D eigenvalue weighted by molar-refractivity contribution is 5.92. The molecule has 1 fully saturated rings. The number of imidazole rings is 1. The minimum atomic E-state index is 0.0708. The van der Waals surface area contributed by atoms with Gasteiger partial charge in [0.2, 0.25) is 0 Å². The zero-order valence-electron chi connectivity index (χ0n) is 9.97. The SMILES string of the molecule is CC1CNCC(C)N1C(=O)c1cncn1C. The Morgan fingerprint density at radius 3 is 2.56 bits per heavy atom. The molecule has 1 aliphatic heterocycles.